The van der Waals surface area contributed by atoms with Crippen LogP contribution in [0.1, 0.15) is 0 Å². The summed E-state index contributed by atoms with van der Waals surface area (Å²) in [6, 6.07) is 5.68. The van der Waals surface area contributed by atoms with Crippen molar-refractivity contribution in [2.75, 3.05) is 0 Å². The molecule has 0 bridgehead atoms. The Labute approximate surface area is 62.3 Å². The number of nitrogens with zero attached hydrogens (tertiary/aromatic N) is 2. The number of aromatic nitrogens is 3. The Morgan fingerprint density at radius 1 is 1.50 bits per heavy atom. The van der Waals surface area contributed by atoms with Crippen LogP contribution in [0.2, 0.25) is 0 Å². The molecule has 0 fully saturated rings. The van der Waals surface area contributed by atoms with E-state index in [9.17, 15) is 0 Å². The third-order valence-electron chi connectivity index (χ3n) is 1.34. The summed E-state index contributed by atoms with van der Waals surface area (Å²) in [5.74, 6) is 0. The summed E-state index contributed by atoms with van der Waals surface area (Å²) in [4.78, 5) is 0. The Kier molecular flexibility index (Phi) is 1.07. The molecule has 0 saturated heterocycles. The van der Waals surface area contributed by atoms with E-state index in [0.29, 0.717) is 0 Å². The monoisotopic (exact) mass is 151 g/mol. The van der Waals surface area contributed by atoms with Gasteiger partial charge in [-0.25, -0.2) is 0 Å². The highest BCUT2D eigenvalue weighted by atomic mass is 32.1. The molecule has 4 heteroatoms. The van der Waals surface area contributed by atoms with Gasteiger partial charge in [-0.1, -0.05) is 18.3 Å². The van der Waals surface area contributed by atoms with Crippen molar-refractivity contribution in [2.45, 2.75) is 0 Å². The van der Waals surface area contributed by atoms with Gasteiger partial charge in [-0.05, 0) is 12.1 Å². The van der Waals surface area contributed by atoms with Crippen LogP contribution in [0.5, 0.6) is 0 Å². The highest BCUT2D eigenvalue weighted by molar-refractivity contribution is 7.71. The molecule has 2 aromatic heterocycles. The standard InChI is InChI=1S/C6H5N3S/c10-6-3-1-2-5-8-7-4-9(5)6/h1-4,8H. The predicted molar refractivity (Wildman–Crippen MR) is 40.4 cm³/mol. The minimum atomic E-state index is 0.770. The van der Waals surface area contributed by atoms with Gasteiger partial charge >= 0.3 is 0 Å². The molecular weight excluding hydrogens is 146 g/mol. The molecule has 3 nitrogen and oxygen atoms in total. The zero-order valence-electron chi connectivity index (χ0n) is 5.11. The molecule has 2 heterocycles. The molecule has 0 aliphatic carbocycles. The van der Waals surface area contributed by atoms with E-state index in [4.69, 9.17) is 12.2 Å². The molecule has 50 valence electrons. The van der Waals surface area contributed by atoms with E-state index in [0.717, 1.165) is 10.3 Å². The van der Waals surface area contributed by atoms with Gasteiger partial charge < -0.3 is 0 Å². The van der Waals surface area contributed by atoms with Gasteiger partial charge in [-0.3, -0.25) is 9.50 Å². The third kappa shape index (κ3) is 0.657. The second-order valence-corrected chi connectivity index (χ2v) is 2.39. The average molecular weight is 151 g/mol. The van der Waals surface area contributed by atoms with E-state index in [-0.39, 0.29) is 0 Å². The van der Waals surface area contributed by atoms with Crippen LogP contribution in [0.15, 0.2) is 24.5 Å². The number of rotatable bonds is 0. The summed E-state index contributed by atoms with van der Waals surface area (Å²) < 4.78 is 2.58. The lowest BCUT2D eigenvalue weighted by Gasteiger charge is -1.87. The second kappa shape index (κ2) is 1.91. The van der Waals surface area contributed by atoms with Gasteiger partial charge in [0.15, 0.2) is 0 Å². The Morgan fingerprint density at radius 2 is 2.40 bits per heavy atom. The summed E-state index contributed by atoms with van der Waals surface area (Å²) in [5.41, 5.74) is 0.924. The average Bonchev–Trinajstić information content (AvgIpc) is 2.36. The molecule has 0 radical (unpaired) electrons. The van der Waals surface area contributed by atoms with Gasteiger partial charge in [0.05, 0.1) is 0 Å². The molecule has 0 unspecified atom stereocenters. The number of hydrogen-bond acceptors (Lipinski definition) is 2. The predicted octanol–water partition coefficient (Wildman–Crippen LogP) is 1.39. The van der Waals surface area contributed by atoms with Crippen molar-refractivity contribution in [1.29, 1.82) is 0 Å². The maximum Gasteiger partial charge on any atom is 0.132 e. The largest absolute Gasteiger partial charge is 0.274 e. The van der Waals surface area contributed by atoms with Crippen LogP contribution in [0.25, 0.3) is 5.65 Å². The zero-order valence-corrected chi connectivity index (χ0v) is 5.93. The van der Waals surface area contributed by atoms with Gasteiger partial charge in [-0.15, -0.1) is 0 Å². The number of H-pyrrole nitrogens is 1. The van der Waals surface area contributed by atoms with E-state index in [2.05, 4.69) is 10.2 Å². The lowest BCUT2D eigenvalue weighted by molar-refractivity contribution is 1.10. The molecule has 10 heavy (non-hydrogen) atoms. The first kappa shape index (κ1) is 5.61. The lowest BCUT2D eigenvalue weighted by atomic mass is 10.5. The maximum atomic E-state index is 5.01. The van der Waals surface area contributed by atoms with Gasteiger partial charge in [0.25, 0.3) is 0 Å². The number of pyridine rings is 1. The molecule has 0 atom stereocenters. The minimum Gasteiger partial charge on any atom is -0.274 e. The molecular formula is C6H5N3S. The second-order valence-electron chi connectivity index (χ2n) is 1.98. The fourth-order valence-corrected chi connectivity index (χ4v) is 1.09. The van der Waals surface area contributed by atoms with Crippen LogP contribution in [0, 0.1) is 4.64 Å². The molecule has 2 rings (SSSR count). The fourth-order valence-electron chi connectivity index (χ4n) is 0.864. The molecule has 0 amide bonds. The molecule has 0 spiro atoms. The number of nitrogens with one attached hydrogen (secondary N) is 1. The Bertz CT molecular complexity index is 400. The summed E-state index contributed by atoms with van der Waals surface area (Å²) >= 11 is 5.01. The number of aromatic amines is 1. The minimum absolute atomic E-state index is 0.770. The molecule has 0 aliphatic heterocycles. The smallest absolute Gasteiger partial charge is 0.132 e. The topological polar surface area (TPSA) is 33.1 Å². The molecule has 0 aromatic carbocycles. The first-order valence-corrected chi connectivity index (χ1v) is 3.29. The first-order valence-electron chi connectivity index (χ1n) is 2.89. The van der Waals surface area contributed by atoms with E-state index in [1.165, 1.54) is 0 Å². The Hall–Kier alpha value is -1.16. The Morgan fingerprint density at radius 3 is 3.20 bits per heavy atom. The summed E-state index contributed by atoms with van der Waals surface area (Å²) in [6.07, 6.45) is 1.66. The van der Waals surface area contributed by atoms with Crippen LogP contribution in [-0.4, -0.2) is 14.6 Å². The van der Waals surface area contributed by atoms with Crippen molar-refractivity contribution in [3.05, 3.63) is 29.2 Å². The van der Waals surface area contributed by atoms with Crippen molar-refractivity contribution < 1.29 is 0 Å². The van der Waals surface area contributed by atoms with Gasteiger partial charge in [0, 0.05) is 0 Å². The summed E-state index contributed by atoms with van der Waals surface area (Å²) in [5, 5.41) is 6.64. The molecule has 2 aromatic rings. The highest BCUT2D eigenvalue weighted by Gasteiger charge is 1.89. The van der Waals surface area contributed by atoms with Gasteiger partial charge in [0.2, 0.25) is 0 Å². The Balaban J connectivity index is 3.09. The molecule has 1 N–H and O–H groups in total. The highest BCUT2D eigenvalue weighted by Crippen LogP contribution is 1.97. The van der Waals surface area contributed by atoms with Crippen LogP contribution in [-0.2, 0) is 0 Å². The van der Waals surface area contributed by atoms with E-state index >= 15 is 0 Å². The van der Waals surface area contributed by atoms with Crippen molar-refractivity contribution in [3.8, 4) is 0 Å². The van der Waals surface area contributed by atoms with E-state index in [1.54, 1.807) is 6.33 Å². The first-order chi connectivity index (χ1) is 4.88. The lowest BCUT2D eigenvalue weighted by Crippen LogP contribution is -1.81. The quantitative estimate of drug-likeness (QED) is 0.577. The van der Waals surface area contributed by atoms with Crippen molar-refractivity contribution in [2.24, 2.45) is 0 Å². The number of hydrogen-bond donors (Lipinski definition) is 1. The maximum absolute atomic E-state index is 5.01. The van der Waals surface area contributed by atoms with Crippen LogP contribution < -0.4 is 0 Å². The van der Waals surface area contributed by atoms with E-state index < -0.39 is 0 Å². The van der Waals surface area contributed by atoms with E-state index in [1.807, 2.05) is 22.6 Å². The van der Waals surface area contributed by atoms with Crippen molar-refractivity contribution >= 4 is 17.9 Å². The molecule has 0 saturated carbocycles. The van der Waals surface area contributed by atoms with Crippen LogP contribution in [0.3, 0.4) is 0 Å². The normalized spacial score (nSPS) is 10.4. The van der Waals surface area contributed by atoms with Gasteiger partial charge in [0.1, 0.15) is 16.6 Å². The van der Waals surface area contributed by atoms with Crippen LogP contribution in [0.4, 0.5) is 0 Å². The summed E-state index contributed by atoms with van der Waals surface area (Å²) in [7, 11) is 0. The molecule has 0 aliphatic rings. The SMILES string of the molecule is S=c1cccc2[nH]ncn12. The zero-order chi connectivity index (χ0) is 6.97. The summed E-state index contributed by atoms with van der Waals surface area (Å²) in [6.45, 7) is 0. The van der Waals surface area contributed by atoms with Crippen molar-refractivity contribution in [1.82, 2.24) is 14.6 Å². The van der Waals surface area contributed by atoms with Gasteiger partial charge in [-0.2, -0.15) is 5.10 Å². The third-order valence-corrected chi connectivity index (χ3v) is 1.67. The fraction of sp³-hybridized carbons (Fsp3) is 0. The van der Waals surface area contributed by atoms with Crippen LogP contribution >= 0.6 is 12.2 Å². The number of fused-ring (bicyclic) bond motifs is 1. The van der Waals surface area contributed by atoms with Crippen molar-refractivity contribution in [3.63, 3.8) is 0 Å².